The van der Waals surface area contributed by atoms with Gasteiger partial charge in [0.05, 0.1) is 0 Å². The molecule has 1 rings (SSSR count). The minimum Gasteiger partial charge on any atom is -0.0991 e. The van der Waals surface area contributed by atoms with Crippen LogP contribution in [0.2, 0.25) is 0 Å². The molecule has 1 aliphatic rings. The number of hydrogen-bond donors (Lipinski definition) is 0. The SMILES string of the molecule is C=C/C=C/C=C/C[C@H]1CCC[C@@H]1CCCCCCCC. The summed E-state index contributed by atoms with van der Waals surface area (Å²) in [5.74, 6) is 1.97. The Morgan fingerprint density at radius 1 is 0.900 bits per heavy atom. The zero-order valence-corrected chi connectivity index (χ0v) is 13.5. The van der Waals surface area contributed by atoms with Crippen LogP contribution in [0.15, 0.2) is 37.0 Å². The highest BCUT2D eigenvalue weighted by Gasteiger charge is 2.25. The lowest BCUT2D eigenvalue weighted by Crippen LogP contribution is -2.06. The summed E-state index contributed by atoms with van der Waals surface area (Å²) in [5, 5.41) is 0. The van der Waals surface area contributed by atoms with Gasteiger partial charge in [-0.05, 0) is 24.7 Å². The van der Waals surface area contributed by atoms with Gasteiger partial charge in [-0.2, -0.15) is 0 Å². The van der Waals surface area contributed by atoms with E-state index < -0.39 is 0 Å². The van der Waals surface area contributed by atoms with Crippen LogP contribution in [0.5, 0.6) is 0 Å². The van der Waals surface area contributed by atoms with E-state index in [1.165, 1.54) is 70.6 Å². The topological polar surface area (TPSA) is 0 Å². The molecule has 0 aromatic rings. The molecule has 0 spiro atoms. The fraction of sp³-hybridized carbons (Fsp3) is 0.700. The maximum absolute atomic E-state index is 3.69. The molecule has 0 aliphatic heterocycles. The summed E-state index contributed by atoms with van der Waals surface area (Å²) in [5.41, 5.74) is 0. The lowest BCUT2D eigenvalue weighted by atomic mass is 9.88. The fourth-order valence-electron chi connectivity index (χ4n) is 3.47. The number of hydrogen-bond acceptors (Lipinski definition) is 0. The normalized spacial score (nSPS) is 23.1. The van der Waals surface area contributed by atoms with Crippen molar-refractivity contribution in [2.75, 3.05) is 0 Å². The molecular formula is C20H34. The third-order valence-corrected chi connectivity index (χ3v) is 4.68. The van der Waals surface area contributed by atoms with Crippen molar-refractivity contribution in [2.45, 2.75) is 77.6 Å². The van der Waals surface area contributed by atoms with Crippen molar-refractivity contribution < 1.29 is 0 Å². The maximum Gasteiger partial charge on any atom is -0.0316 e. The Labute approximate surface area is 127 Å². The second-order valence-electron chi connectivity index (χ2n) is 6.29. The van der Waals surface area contributed by atoms with Gasteiger partial charge in [0.2, 0.25) is 0 Å². The van der Waals surface area contributed by atoms with Crippen LogP contribution in [-0.4, -0.2) is 0 Å². The predicted molar refractivity (Wildman–Crippen MR) is 91.9 cm³/mol. The van der Waals surface area contributed by atoms with Crippen LogP contribution in [0.4, 0.5) is 0 Å². The third-order valence-electron chi connectivity index (χ3n) is 4.68. The summed E-state index contributed by atoms with van der Waals surface area (Å²) in [7, 11) is 0. The van der Waals surface area contributed by atoms with Crippen LogP contribution in [0.25, 0.3) is 0 Å². The van der Waals surface area contributed by atoms with Crippen LogP contribution in [-0.2, 0) is 0 Å². The summed E-state index contributed by atoms with van der Waals surface area (Å²) in [4.78, 5) is 0. The van der Waals surface area contributed by atoms with Crippen molar-refractivity contribution >= 4 is 0 Å². The van der Waals surface area contributed by atoms with E-state index in [9.17, 15) is 0 Å². The quantitative estimate of drug-likeness (QED) is 0.286. The first kappa shape index (κ1) is 17.3. The molecule has 1 fully saturated rings. The molecule has 1 aliphatic carbocycles. The summed E-state index contributed by atoms with van der Waals surface area (Å²) in [6.45, 7) is 5.98. The van der Waals surface area contributed by atoms with Gasteiger partial charge in [-0.25, -0.2) is 0 Å². The molecule has 0 nitrogen and oxygen atoms in total. The Bertz CT molecular complexity index is 284. The zero-order chi connectivity index (χ0) is 14.5. The monoisotopic (exact) mass is 274 g/mol. The van der Waals surface area contributed by atoms with Gasteiger partial charge in [0.15, 0.2) is 0 Å². The average Bonchev–Trinajstić information content (AvgIpc) is 2.90. The highest BCUT2D eigenvalue weighted by molar-refractivity contribution is 5.09. The van der Waals surface area contributed by atoms with Crippen LogP contribution in [0.3, 0.4) is 0 Å². The molecule has 114 valence electrons. The number of allylic oxidation sites excluding steroid dienone is 5. The molecular weight excluding hydrogens is 240 g/mol. The zero-order valence-electron chi connectivity index (χ0n) is 13.5. The van der Waals surface area contributed by atoms with Gasteiger partial charge in [-0.15, -0.1) is 0 Å². The molecule has 1 saturated carbocycles. The van der Waals surface area contributed by atoms with Crippen molar-refractivity contribution in [2.24, 2.45) is 11.8 Å². The van der Waals surface area contributed by atoms with Crippen LogP contribution in [0.1, 0.15) is 77.6 Å². The standard InChI is InChI=1S/C20H34/c1-3-5-7-9-11-13-16-20-18-14-17-19(20)15-12-10-8-6-4-2/h4,6,8,10,12,19-20H,2-3,5,7,9,11,13-18H2,1H3/b8-6+,12-10+/t19-,20-/m0/s1. The molecule has 0 amide bonds. The van der Waals surface area contributed by atoms with E-state index in [-0.39, 0.29) is 0 Å². The second-order valence-corrected chi connectivity index (χ2v) is 6.29. The van der Waals surface area contributed by atoms with Crippen LogP contribution < -0.4 is 0 Å². The van der Waals surface area contributed by atoms with E-state index in [1.54, 1.807) is 0 Å². The Balaban J connectivity index is 2.12. The molecule has 0 unspecified atom stereocenters. The first-order chi connectivity index (χ1) is 9.88. The van der Waals surface area contributed by atoms with Crippen molar-refractivity contribution in [3.05, 3.63) is 37.0 Å². The molecule has 0 saturated heterocycles. The van der Waals surface area contributed by atoms with Gasteiger partial charge in [-0.1, -0.05) is 102 Å². The minimum atomic E-state index is 0.957. The van der Waals surface area contributed by atoms with Crippen LogP contribution in [0, 0.1) is 11.8 Å². The second kappa shape index (κ2) is 12.0. The number of unbranched alkanes of at least 4 members (excludes halogenated alkanes) is 5. The molecule has 0 bridgehead atoms. The molecule has 0 aromatic heterocycles. The van der Waals surface area contributed by atoms with Crippen molar-refractivity contribution in [1.82, 2.24) is 0 Å². The lowest BCUT2D eigenvalue weighted by Gasteiger charge is -2.17. The summed E-state index contributed by atoms with van der Waals surface area (Å²) >= 11 is 0. The average molecular weight is 274 g/mol. The van der Waals surface area contributed by atoms with E-state index in [0.29, 0.717) is 0 Å². The molecule has 0 radical (unpaired) electrons. The van der Waals surface area contributed by atoms with Crippen molar-refractivity contribution in [3.63, 3.8) is 0 Å². The Morgan fingerprint density at radius 2 is 1.65 bits per heavy atom. The van der Waals surface area contributed by atoms with E-state index in [0.717, 1.165) is 11.8 Å². The molecule has 0 N–H and O–H groups in total. The molecule has 2 atom stereocenters. The summed E-state index contributed by atoms with van der Waals surface area (Å²) in [6, 6.07) is 0. The van der Waals surface area contributed by atoms with Gasteiger partial charge >= 0.3 is 0 Å². The molecule has 0 aromatic carbocycles. The number of rotatable bonds is 11. The highest BCUT2D eigenvalue weighted by Crippen LogP contribution is 2.37. The maximum atomic E-state index is 3.69. The van der Waals surface area contributed by atoms with Crippen molar-refractivity contribution in [3.8, 4) is 0 Å². The third kappa shape index (κ3) is 7.72. The predicted octanol–water partition coefficient (Wildman–Crippen LogP) is 6.84. The van der Waals surface area contributed by atoms with Gasteiger partial charge in [-0.3, -0.25) is 0 Å². The minimum absolute atomic E-state index is 0.957. The largest absolute Gasteiger partial charge is 0.0991 e. The fourth-order valence-corrected chi connectivity index (χ4v) is 3.47. The van der Waals surface area contributed by atoms with E-state index in [1.807, 2.05) is 12.2 Å². The van der Waals surface area contributed by atoms with E-state index in [2.05, 4.69) is 31.7 Å². The smallest absolute Gasteiger partial charge is 0.0316 e. The Kier molecular flexibility index (Phi) is 10.4. The van der Waals surface area contributed by atoms with E-state index in [4.69, 9.17) is 0 Å². The van der Waals surface area contributed by atoms with Crippen LogP contribution >= 0.6 is 0 Å². The summed E-state index contributed by atoms with van der Waals surface area (Å²) in [6.07, 6.45) is 26.2. The highest BCUT2D eigenvalue weighted by atomic mass is 14.3. The Hall–Kier alpha value is -0.780. The van der Waals surface area contributed by atoms with Crippen molar-refractivity contribution in [1.29, 1.82) is 0 Å². The first-order valence-electron chi connectivity index (χ1n) is 8.82. The first-order valence-corrected chi connectivity index (χ1v) is 8.82. The van der Waals surface area contributed by atoms with Gasteiger partial charge < -0.3 is 0 Å². The molecule has 0 heterocycles. The Morgan fingerprint density at radius 3 is 2.45 bits per heavy atom. The lowest BCUT2D eigenvalue weighted by molar-refractivity contribution is 0.352. The summed E-state index contributed by atoms with van der Waals surface area (Å²) < 4.78 is 0. The van der Waals surface area contributed by atoms with Gasteiger partial charge in [0.1, 0.15) is 0 Å². The van der Waals surface area contributed by atoms with E-state index >= 15 is 0 Å². The molecule has 0 heteroatoms. The van der Waals surface area contributed by atoms with Gasteiger partial charge in [0.25, 0.3) is 0 Å². The molecule has 20 heavy (non-hydrogen) atoms. The van der Waals surface area contributed by atoms with Gasteiger partial charge in [0, 0.05) is 0 Å².